The minimum Gasteiger partial charge on any atom is -0.457 e. The summed E-state index contributed by atoms with van der Waals surface area (Å²) >= 11 is 0. The van der Waals surface area contributed by atoms with Crippen LogP contribution in [0.2, 0.25) is 0 Å². The number of carbonyl (C=O) groups excluding carboxylic acids is 1. The number of nitrogens with zero attached hydrogens (tertiary/aromatic N) is 1. The number of fused-ring (bicyclic) bond motifs is 1. The van der Waals surface area contributed by atoms with Crippen LogP contribution in [0.4, 0.5) is 0 Å². The second kappa shape index (κ2) is 5.46. The molecule has 0 radical (unpaired) electrons. The van der Waals surface area contributed by atoms with E-state index in [1.54, 1.807) is 6.33 Å². The highest BCUT2D eigenvalue weighted by molar-refractivity contribution is 5.76. The molecule has 0 spiro atoms. The van der Waals surface area contributed by atoms with E-state index in [0.717, 1.165) is 17.0 Å². The molecule has 104 valence electrons. The molecule has 0 saturated heterocycles. The highest BCUT2D eigenvalue weighted by Crippen LogP contribution is 2.19. The van der Waals surface area contributed by atoms with Gasteiger partial charge in [-0.1, -0.05) is 30.3 Å². The minimum absolute atomic E-state index is 0.227. The van der Waals surface area contributed by atoms with Crippen molar-refractivity contribution in [3.8, 4) is 0 Å². The maximum absolute atomic E-state index is 12.2. The van der Waals surface area contributed by atoms with Crippen molar-refractivity contribution in [3.05, 3.63) is 53.6 Å². The Labute approximate surface area is 117 Å². The Morgan fingerprint density at radius 2 is 2.20 bits per heavy atom. The maximum atomic E-state index is 12.2. The molecule has 0 amide bonds. The number of hydrogen-bond donors (Lipinski definition) is 2. The lowest BCUT2D eigenvalue weighted by Gasteiger charge is -2.23. The third-order valence-corrected chi connectivity index (χ3v) is 3.58. The lowest BCUT2D eigenvalue weighted by atomic mass is 10.1. The van der Waals surface area contributed by atoms with E-state index in [2.05, 4.69) is 15.3 Å². The molecule has 1 aliphatic rings. The zero-order valence-electron chi connectivity index (χ0n) is 11.3. The third kappa shape index (κ3) is 2.58. The predicted octanol–water partition coefficient (Wildman–Crippen LogP) is 1.73. The molecule has 2 aromatic rings. The van der Waals surface area contributed by atoms with Gasteiger partial charge in [0.15, 0.2) is 0 Å². The van der Waals surface area contributed by atoms with Gasteiger partial charge in [0.25, 0.3) is 0 Å². The van der Waals surface area contributed by atoms with Crippen LogP contribution in [0.5, 0.6) is 0 Å². The molecular weight excluding hydrogens is 254 g/mol. The van der Waals surface area contributed by atoms with Gasteiger partial charge in [0.2, 0.25) is 0 Å². The first-order valence-corrected chi connectivity index (χ1v) is 6.74. The summed E-state index contributed by atoms with van der Waals surface area (Å²) in [6, 6.07) is 9.41. The van der Waals surface area contributed by atoms with E-state index >= 15 is 0 Å². The number of hydrogen-bond acceptors (Lipinski definition) is 4. The molecule has 2 unspecified atom stereocenters. The Balaban J connectivity index is 1.63. The molecule has 0 fully saturated rings. The maximum Gasteiger partial charge on any atom is 0.324 e. The van der Waals surface area contributed by atoms with Gasteiger partial charge in [-0.2, -0.15) is 0 Å². The highest BCUT2D eigenvalue weighted by Gasteiger charge is 2.28. The van der Waals surface area contributed by atoms with E-state index in [-0.39, 0.29) is 18.1 Å². The van der Waals surface area contributed by atoms with Gasteiger partial charge in [-0.25, -0.2) is 4.98 Å². The molecule has 20 heavy (non-hydrogen) atoms. The highest BCUT2D eigenvalue weighted by atomic mass is 16.5. The van der Waals surface area contributed by atoms with Crippen LogP contribution in [0.15, 0.2) is 36.7 Å². The number of aromatic amines is 1. The third-order valence-electron chi connectivity index (χ3n) is 3.58. The largest absolute Gasteiger partial charge is 0.457 e. The fourth-order valence-electron chi connectivity index (χ4n) is 2.38. The number of nitrogens with one attached hydrogen (secondary N) is 2. The minimum atomic E-state index is -0.322. The van der Waals surface area contributed by atoms with Gasteiger partial charge in [-0.15, -0.1) is 0 Å². The number of ether oxygens (including phenoxy) is 1. The molecule has 3 rings (SSSR count). The van der Waals surface area contributed by atoms with Gasteiger partial charge >= 0.3 is 5.97 Å². The summed E-state index contributed by atoms with van der Waals surface area (Å²) in [5.41, 5.74) is 2.99. The van der Waals surface area contributed by atoms with Crippen LogP contribution in [0.3, 0.4) is 0 Å². The average molecular weight is 271 g/mol. The summed E-state index contributed by atoms with van der Waals surface area (Å²) in [6.45, 7) is 2.50. The van der Waals surface area contributed by atoms with Crippen LogP contribution in [0.25, 0.3) is 0 Å². The average Bonchev–Trinajstić information content (AvgIpc) is 2.95. The number of rotatable bonds is 3. The number of aromatic nitrogens is 2. The van der Waals surface area contributed by atoms with E-state index in [1.807, 2.05) is 37.3 Å². The van der Waals surface area contributed by atoms with Crippen LogP contribution in [-0.4, -0.2) is 22.0 Å². The summed E-state index contributed by atoms with van der Waals surface area (Å²) < 4.78 is 5.53. The summed E-state index contributed by atoms with van der Waals surface area (Å²) in [7, 11) is 0. The number of carbonyl (C=O) groups is 1. The molecule has 1 aromatic carbocycles. The van der Waals surface area contributed by atoms with Gasteiger partial charge in [0.1, 0.15) is 12.1 Å². The fraction of sp³-hybridized carbons (Fsp3) is 0.333. The van der Waals surface area contributed by atoms with Crippen molar-refractivity contribution in [2.24, 2.45) is 0 Å². The lowest BCUT2D eigenvalue weighted by Crippen LogP contribution is -2.43. The number of benzene rings is 1. The normalized spacial score (nSPS) is 19.1. The van der Waals surface area contributed by atoms with Gasteiger partial charge in [-0.3, -0.25) is 10.1 Å². The molecule has 2 atom stereocenters. The predicted molar refractivity (Wildman–Crippen MR) is 73.9 cm³/mol. The quantitative estimate of drug-likeness (QED) is 0.834. The molecule has 5 nitrogen and oxygen atoms in total. The first kappa shape index (κ1) is 12.9. The van der Waals surface area contributed by atoms with Crippen LogP contribution in [-0.2, 0) is 22.5 Å². The van der Waals surface area contributed by atoms with Crippen LogP contribution in [0, 0.1) is 0 Å². The van der Waals surface area contributed by atoms with E-state index < -0.39 is 0 Å². The van der Waals surface area contributed by atoms with Crippen molar-refractivity contribution < 1.29 is 9.53 Å². The molecule has 2 heterocycles. The molecule has 0 bridgehead atoms. The molecule has 1 aliphatic heterocycles. The van der Waals surface area contributed by atoms with Gasteiger partial charge in [0.05, 0.1) is 17.7 Å². The summed E-state index contributed by atoms with van der Waals surface area (Å²) in [5, 5.41) is 3.17. The second-order valence-electron chi connectivity index (χ2n) is 4.96. The molecular formula is C15H17N3O2. The Morgan fingerprint density at radius 1 is 1.40 bits per heavy atom. The molecule has 0 aliphatic carbocycles. The van der Waals surface area contributed by atoms with Crippen molar-refractivity contribution in [2.45, 2.75) is 32.0 Å². The van der Waals surface area contributed by atoms with Crippen molar-refractivity contribution in [3.63, 3.8) is 0 Å². The number of imidazole rings is 1. The first-order chi connectivity index (χ1) is 9.74. The number of esters is 1. The lowest BCUT2D eigenvalue weighted by molar-refractivity contribution is -0.151. The zero-order valence-corrected chi connectivity index (χ0v) is 11.3. The van der Waals surface area contributed by atoms with Crippen molar-refractivity contribution in [1.29, 1.82) is 0 Å². The van der Waals surface area contributed by atoms with E-state index in [1.165, 1.54) is 0 Å². The molecule has 1 aromatic heterocycles. The van der Waals surface area contributed by atoms with Gasteiger partial charge in [0, 0.05) is 13.0 Å². The van der Waals surface area contributed by atoms with Gasteiger partial charge < -0.3 is 9.72 Å². The second-order valence-corrected chi connectivity index (χ2v) is 4.96. The Morgan fingerprint density at radius 3 is 3.00 bits per heavy atom. The summed E-state index contributed by atoms with van der Waals surface area (Å²) in [4.78, 5) is 19.5. The smallest absolute Gasteiger partial charge is 0.324 e. The Bertz CT molecular complexity index is 594. The van der Waals surface area contributed by atoms with Crippen LogP contribution >= 0.6 is 0 Å². The first-order valence-electron chi connectivity index (χ1n) is 6.74. The van der Waals surface area contributed by atoms with Crippen molar-refractivity contribution in [2.75, 3.05) is 0 Å². The van der Waals surface area contributed by atoms with E-state index in [4.69, 9.17) is 4.74 Å². The summed E-state index contributed by atoms with van der Waals surface area (Å²) in [5.74, 6) is -0.227. The van der Waals surface area contributed by atoms with Crippen LogP contribution in [0.1, 0.15) is 30.0 Å². The zero-order chi connectivity index (χ0) is 13.9. The Kier molecular flexibility index (Phi) is 3.52. The fourth-order valence-corrected chi connectivity index (χ4v) is 2.38. The van der Waals surface area contributed by atoms with E-state index in [9.17, 15) is 4.79 Å². The van der Waals surface area contributed by atoms with Gasteiger partial charge in [-0.05, 0) is 12.5 Å². The standard InChI is InChI=1S/C15H17N3O2/c1-10(11-5-3-2-4-6-11)20-15(19)13-7-12-14(8-16-13)18-9-17-12/h2-6,9-10,13,16H,7-8H2,1H3,(H,17,18). The number of H-pyrrole nitrogens is 1. The topological polar surface area (TPSA) is 67.0 Å². The molecule has 5 heteroatoms. The Hall–Kier alpha value is -2.14. The molecule has 2 N–H and O–H groups in total. The van der Waals surface area contributed by atoms with Crippen molar-refractivity contribution >= 4 is 5.97 Å². The van der Waals surface area contributed by atoms with E-state index in [0.29, 0.717) is 13.0 Å². The SMILES string of the molecule is CC(OC(=O)C1Cc2nc[nH]c2CN1)c1ccccc1. The van der Waals surface area contributed by atoms with Crippen molar-refractivity contribution in [1.82, 2.24) is 15.3 Å². The summed E-state index contributed by atoms with van der Waals surface area (Å²) in [6.07, 6.45) is 1.98. The molecule has 0 saturated carbocycles. The monoisotopic (exact) mass is 271 g/mol. The van der Waals surface area contributed by atoms with Crippen LogP contribution < -0.4 is 5.32 Å².